The lowest BCUT2D eigenvalue weighted by Crippen LogP contribution is -2.45. The van der Waals surface area contributed by atoms with Gasteiger partial charge >= 0.3 is 6.09 Å². The van der Waals surface area contributed by atoms with E-state index in [1.54, 1.807) is 4.90 Å². The molecule has 1 aromatic carbocycles. The number of halogens is 1. The molecular weight excluding hydrogens is 384 g/mol. The van der Waals surface area contributed by atoms with Crippen molar-refractivity contribution in [1.82, 2.24) is 10.2 Å². The van der Waals surface area contributed by atoms with Gasteiger partial charge in [0.15, 0.2) is 0 Å². The molecule has 0 radical (unpaired) electrons. The predicted molar refractivity (Wildman–Crippen MR) is 101 cm³/mol. The number of carbonyl (C=O) groups is 2. The zero-order chi connectivity index (χ0) is 18.6. The monoisotopic (exact) mass is 410 g/mol. The SMILES string of the molecule is C[C@@H](NC(=O)C1CCN(C(=O)OC(C)(C)C)CC1)c1ccccc1Br. The van der Waals surface area contributed by atoms with Gasteiger partial charge in [-0.1, -0.05) is 34.1 Å². The van der Waals surface area contributed by atoms with Crippen LogP contribution >= 0.6 is 15.9 Å². The summed E-state index contributed by atoms with van der Waals surface area (Å²) >= 11 is 3.52. The van der Waals surface area contributed by atoms with Gasteiger partial charge in [0, 0.05) is 23.5 Å². The van der Waals surface area contributed by atoms with Crippen LogP contribution in [0.15, 0.2) is 28.7 Å². The Kier molecular flexibility index (Phi) is 6.49. The maximum absolute atomic E-state index is 12.5. The minimum absolute atomic E-state index is 0.0482. The van der Waals surface area contributed by atoms with E-state index in [2.05, 4.69) is 21.2 Å². The summed E-state index contributed by atoms with van der Waals surface area (Å²) in [5.74, 6) is -0.0179. The molecule has 0 saturated carbocycles. The fraction of sp³-hybridized carbons (Fsp3) is 0.579. The number of benzene rings is 1. The van der Waals surface area contributed by atoms with E-state index in [-0.39, 0.29) is 24.0 Å². The highest BCUT2D eigenvalue weighted by Crippen LogP contribution is 2.25. The van der Waals surface area contributed by atoms with Crippen LogP contribution in [0.25, 0.3) is 0 Å². The van der Waals surface area contributed by atoms with Crippen LogP contribution in [0.3, 0.4) is 0 Å². The van der Waals surface area contributed by atoms with Gasteiger partial charge in [0.2, 0.25) is 5.91 Å². The van der Waals surface area contributed by atoms with Crippen molar-refractivity contribution in [3.05, 3.63) is 34.3 Å². The van der Waals surface area contributed by atoms with Crippen LogP contribution in [0.4, 0.5) is 4.79 Å². The molecule has 6 heteroatoms. The molecule has 0 aliphatic carbocycles. The van der Waals surface area contributed by atoms with Crippen LogP contribution in [-0.2, 0) is 9.53 Å². The van der Waals surface area contributed by atoms with E-state index in [1.165, 1.54) is 0 Å². The molecule has 1 aliphatic rings. The third-order valence-corrected chi connectivity index (χ3v) is 4.97. The maximum Gasteiger partial charge on any atom is 0.410 e. The average Bonchev–Trinajstić information content (AvgIpc) is 2.53. The molecule has 5 nitrogen and oxygen atoms in total. The van der Waals surface area contributed by atoms with Gasteiger partial charge in [-0.05, 0) is 52.2 Å². The number of rotatable bonds is 3. The third kappa shape index (κ3) is 5.73. The Labute approximate surface area is 158 Å². The second kappa shape index (κ2) is 8.21. The lowest BCUT2D eigenvalue weighted by molar-refractivity contribution is -0.127. The van der Waals surface area contributed by atoms with E-state index >= 15 is 0 Å². The molecule has 1 aliphatic heterocycles. The molecule has 0 bridgehead atoms. The number of hydrogen-bond donors (Lipinski definition) is 1. The van der Waals surface area contributed by atoms with Gasteiger partial charge in [0.1, 0.15) is 5.60 Å². The summed E-state index contributed by atoms with van der Waals surface area (Å²) in [6.07, 6.45) is 1.02. The minimum atomic E-state index is -0.496. The number of nitrogens with zero attached hydrogens (tertiary/aromatic N) is 1. The van der Waals surface area contributed by atoms with Crippen LogP contribution < -0.4 is 5.32 Å². The Hall–Kier alpha value is -1.56. The fourth-order valence-corrected chi connectivity index (χ4v) is 3.51. The van der Waals surface area contributed by atoms with Gasteiger partial charge in [-0.25, -0.2) is 4.79 Å². The second-order valence-electron chi connectivity index (χ2n) is 7.49. The molecule has 2 amide bonds. The molecule has 1 heterocycles. The van der Waals surface area contributed by atoms with E-state index in [4.69, 9.17) is 4.74 Å². The molecule has 0 spiro atoms. The Morgan fingerprint density at radius 3 is 2.40 bits per heavy atom. The molecule has 1 N–H and O–H groups in total. The van der Waals surface area contributed by atoms with Crippen molar-refractivity contribution in [3.63, 3.8) is 0 Å². The summed E-state index contributed by atoms with van der Waals surface area (Å²) in [6.45, 7) is 8.65. The van der Waals surface area contributed by atoms with Crippen molar-refractivity contribution in [1.29, 1.82) is 0 Å². The summed E-state index contributed by atoms with van der Waals surface area (Å²) in [5.41, 5.74) is 0.561. The van der Waals surface area contributed by atoms with Gasteiger partial charge in [0.25, 0.3) is 0 Å². The second-order valence-corrected chi connectivity index (χ2v) is 8.35. The Bertz CT molecular complexity index is 619. The standard InChI is InChI=1S/C19H27BrN2O3/c1-13(15-7-5-6-8-16(15)20)21-17(23)14-9-11-22(12-10-14)18(24)25-19(2,3)4/h5-8,13-14H,9-12H2,1-4H3,(H,21,23)/t13-/m1/s1. The topological polar surface area (TPSA) is 58.6 Å². The summed E-state index contributed by atoms with van der Waals surface area (Å²) in [5, 5.41) is 3.09. The highest BCUT2D eigenvalue weighted by molar-refractivity contribution is 9.10. The van der Waals surface area contributed by atoms with E-state index in [1.807, 2.05) is 52.0 Å². The zero-order valence-corrected chi connectivity index (χ0v) is 16.9. The van der Waals surface area contributed by atoms with Crippen LogP contribution in [0.2, 0.25) is 0 Å². The first-order valence-electron chi connectivity index (χ1n) is 8.70. The van der Waals surface area contributed by atoms with Crippen molar-refractivity contribution >= 4 is 27.9 Å². The molecular formula is C19H27BrN2O3. The number of carbonyl (C=O) groups excluding carboxylic acids is 2. The predicted octanol–water partition coefficient (Wildman–Crippen LogP) is 4.27. The molecule has 25 heavy (non-hydrogen) atoms. The van der Waals surface area contributed by atoms with Gasteiger partial charge in [-0.2, -0.15) is 0 Å². The lowest BCUT2D eigenvalue weighted by atomic mass is 9.95. The summed E-state index contributed by atoms with van der Waals surface area (Å²) in [7, 11) is 0. The minimum Gasteiger partial charge on any atom is -0.444 e. The van der Waals surface area contributed by atoms with Gasteiger partial charge in [-0.15, -0.1) is 0 Å². The van der Waals surface area contributed by atoms with Crippen molar-refractivity contribution in [2.45, 2.75) is 52.2 Å². The van der Waals surface area contributed by atoms with E-state index < -0.39 is 5.60 Å². The summed E-state index contributed by atoms with van der Waals surface area (Å²) in [4.78, 5) is 26.3. The number of hydrogen-bond acceptors (Lipinski definition) is 3. The summed E-state index contributed by atoms with van der Waals surface area (Å²) in [6, 6.07) is 7.82. The van der Waals surface area contributed by atoms with Gasteiger partial charge in [0.05, 0.1) is 6.04 Å². The molecule has 0 aromatic heterocycles. The molecule has 138 valence electrons. The van der Waals surface area contributed by atoms with Crippen molar-refractivity contribution in [2.24, 2.45) is 5.92 Å². The van der Waals surface area contributed by atoms with Crippen molar-refractivity contribution < 1.29 is 14.3 Å². The molecule has 1 atom stereocenters. The number of piperidine rings is 1. The number of amides is 2. The smallest absolute Gasteiger partial charge is 0.410 e. The largest absolute Gasteiger partial charge is 0.444 e. The first kappa shape index (κ1) is 19.8. The normalized spacial score (nSPS) is 17.1. The van der Waals surface area contributed by atoms with Crippen molar-refractivity contribution in [2.75, 3.05) is 13.1 Å². The highest BCUT2D eigenvalue weighted by atomic mass is 79.9. The average molecular weight is 411 g/mol. The van der Waals surface area contributed by atoms with Gasteiger partial charge in [-0.3, -0.25) is 4.79 Å². The molecule has 0 unspecified atom stereocenters. The molecule has 1 aromatic rings. The summed E-state index contributed by atoms with van der Waals surface area (Å²) < 4.78 is 6.38. The van der Waals surface area contributed by atoms with E-state index in [9.17, 15) is 9.59 Å². The molecule has 2 rings (SSSR count). The van der Waals surface area contributed by atoms with Gasteiger partial charge < -0.3 is 15.0 Å². The van der Waals surface area contributed by atoms with E-state index in [0.717, 1.165) is 10.0 Å². The quantitative estimate of drug-likeness (QED) is 0.808. The van der Waals surface area contributed by atoms with Crippen LogP contribution in [-0.4, -0.2) is 35.6 Å². The highest BCUT2D eigenvalue weighted by Gasteiger charge is 2.30. The Morgan fingerprint density at radius 2 is 1.84 bits per heavy atom. The third-order valence-electron chi connectivity index (χ3n) is 4.25. The number of likely N-dealkylation sites (tertiary alicyclic amines) is 1. The Balaban J connectivity index is 1.85. The van der Waals surface area contributed by atoms with E-state index in [0.29, 0.717) is 25.9 Å². The number of ether oxygens (including phenoxy) is 1. The maximum atomic E-state index is 12.5. The molecule has 1 fully saturated rings. The lowest BCUT2D eigenvalue weighted by Gasteiger charge is -2.33. The zero-order valence-electron chi connectivity index (χ0n) is 15.3. The van der Waals surface area contributed by atoms with Crippen LogP contribution in [0.1, 0.15) is 52.1 Å². The molecule has 1 saturated heterocycles. The fourth-order valence-electron chi connectivity index (χ4n) is 2.89. The van der Waals surface area contributed by atoms with Crippen LogP contribution in [0, 0.1) is 5.92 Å². The first-order chi connectivity index (χ1) is 11.7. The Morgan fingerprint density at radius 1 is 1.24 bits per heavy atom. The first-order valence-corrected chi connectivity index (χ1v) is 9.49. The van der Waals surface area contributed by atoms with Crippen molar-refractivity contribution in [3.8, 4) is 0 Å². The van der Waals surface area contributed by atoms with Crippen LogP contribution in [0.5, 0.6) is 0 Å². The number of nitrogens with one attached hydrogen (secondary N) is 1.